The molecule has 0 spiro atoms. The monoisotopic (exact) mass is 711 g/mol. The molecule has 14 heteroatoms. The molecular weight excluding hydrogens is 682 g/mol. The number of ether oxygens (including phenoxy) is 4. The number of methoxy groups -OCH3 is 1. The van der Waals surface area contributed by atoms with Crippen LogP contribution in [0, 0.1) is 11.3 Å². The van der Waals surface area contributed by atoms with Crippen molar-refractivity contribution in [2.45, 2.75) is 32.7 Å². The average Bonchev–Trinajstić information content (AvgIpc) is 3.03. The van der Waals surface area contributed by atoms with Crippen LogP contribution in [0.25, 0.3) is 0 Å². The summed E-state index contributed by atoms with van der Waals surface area (Å²) in [5.41, 5.74) is 5.68. The molecule has 0 bridgehead atoms. The Morgan fingerprint density at radius 1 is 1.20 bits per heavy atom. The molecule has 240 valence electrons. The van der Waals surface area contributed by atoms with Crippen LogP contribution in [0.15, 0.2) is 75.4 Å². The van der Waals surface area contributed by atoms with Crippen molar-refractivity contribution in [3.8, 4) is 23.3 Å². The maximum atomic E-state index is 12.4. The smallest absolute Gasteiger partial charge is 0.337 e. The van der Waals surface area contributed by atoms with Gasteiger partial charge in [0.05, 0.1) is 52.7 Å². The molecule has 0 unspecified atom stereocenters. The molecule has 46 heavy (non-hydrogen) atoms. The Balaban J connectivity index is 1.37. The first-order valence-electron chi connectivity index (χ1n) is 14.0. The molecule has 0 fully saturated rings. The fourth-order valence-electron chi connectivity index (χ4n) is 4.52. The van der Waals surface area contributed by atoms with E-state index < -0.39 is 24.3 Å². The summed E-state index contributed by atoms with van der Waals surface area (Å²) in [6.45, 7) is 3.71. The van der Waals surface area contributed by atoms with E-state index in [4.69, 9.17) is 30.5 Å². The zero-order valence-electron chi connectivity index (χ0n) is 25.1. The molecule has 3 aromatic carbocycles. The van der Waals surface area contributed by atoms with Crippen LogP contribution in [-0.4, -0.2) is 49.9 Å². The van der Waals surface area contributed by atoms with Gasteiger partial charge in [0.15, 0.2) is 23.5 Å². The van der Waals surface area contributed by atoms with Gasteiger partial charge in [0.25, 0.3) is 0 Å². The summed E-state index contributed by atoms with van der Waals surface area (Å²) in [6.07, 6.45) is 0.281. The molecule has 4 rings (SSSR count). The van der Waals surface area contributed by atoms with Crippen LogP contribution < -0.4 is 30.3 Å². The van der Waals surface area contributed by atoms with E-state index in [1.807, 2.05) is 12.1 Å². The zero-order valence-corrected chi connectivity index (χ0v) is 27.4. The van der Waals surface area contributed by atoms with E-state index in [0.717, 1.165) is 5.56 Å². The van der Waals surface area contributed by atoms with Crippen molar-refractivity contribution < 1.29 is 33.6 Å². The Kier molecular flexibility index (Phi) is 11.9. The molecular formula is C32H31BrClN5O7. The first-order valence-corrected chi connectivity index (χ1v) is 15.1. The van der Waals surface area contributed by atoms with Crippen molar-refractivity contribution >= 4 is 45.7 Å². The summed E-state index contributed by atoms with van der Waals surface area (Å²) in [7, 11) is 1.27. The number of allylic oxidation sites excluding steroid dienone is 1. The minimum Gasteiger partial charge on any atom is -0.490 e. The predicted octanol–water partition coefficient (Wildman–Crippen LogP) is 5.07. The van der Waals surface area contributed by atoms with Gasteiger partial charge in [-0.15, -0.1) is 0 Å². The lowest BCUT2D eigenvalue weighted by Crippen LogP contribution is -2.45. The molecule has 0 saturated carbocycles. The van der Waals surface area contributed by atoms with Gasteiger partial charge < -0.3 is 34.7 Å². The van der Waals surface area contributed by atoms with E-state index in [1.165, 1.54) is 13.3 Å². The number of halogens is 2. The number of aliphatic hydroxyl groups is 1. The van der Waals surface area contributed by atoms with Crippen LogP contribution in [-0.2, 0) is 16.1 Å². The molecule has 4 N–H and O–H groups in total. The number of nitriles is 1. The highest BCUT2D eigenvalue weighted by Gasteiger charge is 2.32. The number of carbonyl (C=O) groups excluding carboxylic acids is 2. The Hall–Kier alpha value is -4.77. The quantitative estimate of drug-likeness (QED) is 0.0820. The highest BCUT2D eigenvalue weighted by Crippen LogP contribution is 2.36. The second-order valence-electron chi connectivity index (χ2n) is 9.79. The average molecular weight is 713 g/mol. The van der Waals surface area contributed by atoms with Crippen molar-refractivity contribution in [3.05, 3.63) is 97.6 Å². The molecule has 1 aliphatic rings. The fourth-order valence-corrected chi connectivity index (χ4v) is 5.51. The van der Waals surface area contributed by atoms with Gasteiger partial charge in [-0.25, -0.2) is 9.59 Å². The number of nitrogens with one attached hydrogen (secondary N) is 3. The Morgan fingerprint density at radius 2 is 1.98 bits per heavy atom. The van der Waals surface area contributed by atoms with E-state index >= 15 is 0 Å². The number of esters is 1. The van der Waals surface area contributed by atoms with Gasteiger partial charge in [0, 0.05) is 11.3 Å². The van der Waals surface area contributed by atoms with E-state index in [1.54, 1.807) is 56.3 Å². The lowest BCUT2D eigenvalue weighted by atomic mass is 9.95. The maximum Gasteiger partial charge on any atom is 0.337 e. The van der Waals surface area contributed by atoms with Crippen LogP contribution in [0.2, 0.25) is 5.02 Å². The number of hydrogen-bond donors (Lipinski definition) is 4. The third-order valence-electron chi connectivity index (χ3n) is 6.64. The highest BCUT2D eigenvalue weighted by atomic mass is 79.9. The third-order valence-corrected chi connectivity index (χ3v) is 7.51. The number of nitrogens with zero attached hydrogens (tertiary/aromatic N) is 2. The van der Waals surface area contributed by atoms with Crippen LogP contribution in [0.1, 0.15) is 42.1 Å². The number of carbonyl (C=O) groups is 2. The summed E-state index contributed by atoms with van der Waals surface area (Å²) < 4.78 is 22.9. The van der Waals surface area contributed by atoms with Crippen molar-refractivity contribution in [2.75, 3.05) is 20.3 Å². The minimum atomic E-state index is -1.19. The summed E-state index contributed by atoms with van der Waals surface area (Å²) in [5, 5.41) is 29.4. The highest BCUT2D eigenvalue weighted by molar-refractivity contribution is 9.10. The molecule has 2 amide bonds. The molecule has 12 nitrogen and oxygen atoms in total. The SMILES string of the molecule is CCOc1cc([C@@H]2NC(=O)NC(C)=C2C(=O)OC)ccc1OC[C@H](O)N/N=C\c1cc(Cl)c(OCc2ccccc2C#N)c(Br)c1. The number of aliphatic hydroxyl groups excluding tert-OH is 1. The van der Waals surface area contributed by atoms with Crippen molar-refractivity contribution in [1.29, 1.82) is 5.26 Å². The van der Waals surface area contributed by atoms with Crippen LogP contribution in [0.4, 0.5) is 4.79 Å². The van der Waals surface area contributed by atoms with Gasteiger partial charge in [-0.3, -0.25) is 5.43 Å². The van der Waals surface area contributed by atoms with Gasteiger partial charge in [-0.2, -0.15) is 10.4 Å². The van der Waals surface area contributed by atoms with Crippen molar-refractivity contribution in [3.63, 3.8) is 0 Å². The standard InChI is InChI=1S/C32H31BrClN5O7/c1-4-44-26-13-20(29-28(31(41)43-3)18(2)37-32(42)38-29)9-10-25(26)45-17-27(40)39-36-15-19-11-23(33)30(24(34)12-19)46-16-22-8-6-5-7-21(22)14-35/h5-13,15,27,29,39-40H,4,16-17H2,1-3H3,(H2,37,38,42)/b36-15-/t27-,29-/m0/s1. The molecule has 0 radical (unpaired) electrons. The fraction of sp³-hybridized carbons (Fsp3) is 0.250. The molecule has 0 aliphatic carbocycles. The summed E-state index contributed by atoms with van der Waals surface area (Å²) in [5.74, 6) is 0.516. The molecule has 0 aromatic heterocycles. The van der Waals surface area contributed by atoms with Gasteiger partial charge in [-0.05, 0) is 71.2 Å². The van der Waals surface area contributed by atoms with Crippen LogP contribution in [0.3, 0.4) is 0 Å². The van der Waals surface area contributed by atoms with Gasteiger partial charge in [-0.1, -0.05) is 35.9 Å². The zero-order chi connectivity index (χ0) is 33.2. The van der Waals surface area contributed by atoms with Crippen molar-refractivity contribution in [2.24, 2.45) is 5.10 Å². The minimum absolute atomic E-state index is 0.164. The topological polar surface area (TPSA) is 164 Å². The van der Waals surface area contributed by atoms with Gasteiger partial charge in [0.2, 0.25) is 0 Å². The number of rotatable bonds is 13. The number of benzene rings is 3. The Bertz CT molecular complexity index is 1690. The third kappa shape index (κ3) is 8.48. The van der Waals surface area contributed by atoms with E-state index in [2.05, 4.69) is 43.2 Å². The molecule has 1 heterocycles. The van der Waals surface area contributed by atoms with Crippen molar-refractivity contribution in [1.82, 2.24) is 16.1 Å². The summed E-state index contributed by atoms with van der Waals surface area (Å²) >= 11 is 9.91. The summed E-state index contributed by atoms with van der Waals surface area (Å²) in [6, 6.07) is 16.4. The van der Waals surface area contributed by atoms with Crippen LogP contribution in [0.5, 0.6) is 17.2 Å². The van der Waals surface area contributed by atoms with Gasteiger partial charge in [0.1, 0.15) is 13.2 Å². The first-order chi connectivity index (χ1) is 22.1. The Morgan fingerprint density at radius 3 is 2.70 bits per heavy atom. The van der Waals surface area contributed by atoms with E-state index in [-0.39, 0.29) is 18.8 Å². The number of urea groups is 1. The normalized spacial score (nSPS) is 15.0. The predicted molar refractivity (Wildman–Crippen MR) is 174 cm³/mol. The second-order valence-corrected chi connectivity index (χ2v) is 11.0. The second kappa shape index (κ2) is 16.0. The lowest BCUT2D eigenvalue weighted by Gasteiger charge is -2.28. The largest absolute Gasteiger partial charge is 0.490 e. The van der Waals surface area contributed by atoms with Crippen LogP contribution >= 0.6 is 27.5 Å². The number of hydrogen-bond acceptors (Lipinski definition) is 10. The molecule has 3 aromatic rings. The van der Waals surface area contributed by atoms with E-state index in [9.17, 15) is 20.0 Å². The van der Waals surface area contributed by atoms with E-state index in [0.29, 0.717) is 55.7 Å². The first kappa shape index (κ1) is 34.1. The Labute approximate surface area is 279 Å². The maximum absolute atomic E-state index is 12.4. The number of hydrazone groups is 1. The number of amides is 2. The molecule has 0 saturated heterocycles. The summed E-state index contributed by atoms with van der Waals surface area (Å²) in [4.78, 5) is 24.6. The van der Waals surface area contributed by atoms with Gasteiger partial charge >= 0.3 is 12.0 Å². The lowest BCUT2D eigenvalue weighted by molar-refractivity contribution is -0.136. The molecule has 2 atom stereocenters. The molecule has 1 aliphatic heterocycles.